The molecule has 1 unspecified atom stereocenters. The minimum atomic E-state index is -0.0384. The van der Waals surface area contributed by atoms with E-state index in [2.05, 4.69) is 31.9 Å². The third-order valence-electron chi connectivity index (χ3n) is 5.24. The van der Waals surface area contributed by atoms with Crippen LogP contribution in [0.4, 0.5) is 0 Å². The summed E-state index contributed by atoms with van der Waals surface area (Å²) in [5.74, 6) is 0.0950. The van der Waals surface area contributed by atoms with E-state index in [4.69, 9.17) is 5.73 Å². The van der Waals surface area contributed by atoms with Crippen LogP contribution in [0.25, 0.3) is 0 Å². The number of amides is 1. The highest BCUT2D eigenvalue weighted by molar-refractivity contribution is 5.94. The second-order valence-electron chi connectivity index (χ2n) is 7.89. The van der Waals surface area contributed by atoms with Gasteiger partial charge in [-0.25, -0.2) is 0 Å². The Morgan fingerprint density at radius 1 is 1.27 bits per heavy atom. The first-order valence-corrected chi connectivity index (χ1v) is 8.91. The number of carbonyl (C=O) groups is 1. The summed E-state index contributed by atoms with van der Waals surface area (Å²) in [5, 5.41) is 4.49. The number of nitrogens with zero attached hydrogens (tertiary/aromatic N) is 3. The van der Waals surface area contributed by atoms with Crippen LogP contribution in [0, 0.1) is 19.3 Å². The number of nitrogens with two attached hydrogens (primary N) is 1. The second kappa shape index (κ2) is 7.80. The number of hydrogen-bond acceptors (Lipinski definition) is 3. The van der Waals surface area contributed by atoms with Gasteiger partial charge in [-0.2, -0.15) is 5.10 Å². The van der Waals surface area contributed by atoms with E-state index < -0.39 is 0 Å². The number of rotatable bonds is 3. The lowest BCUT2D eigenvalue weighted by Gasteiger charge is -2.42. The maximum atomic E-state index is 12.8. The Bertz CT molecular complexity index is 767. The van der Waals surface area contributed by atoms with E-state index in [0.717, 1.165) is 42.0 Å². The summed E-state index contributed by atoms with van der Waals surface area (Å²) >= 11 is 0. The Hall–Kier alpha value is -1.85. The molecular formula is C20H29ClN4O. The molecule has 1 aromatic heterocycles. The second-order valence-corrected chi connectivity index (χ2v) is 7.89. The third kappa shape index (κ3) is 4.27. The van der Waals surface area contributed by atoms with Crippen LogP contribution >= 0.6 is 12.4 Å². The van der Waals surface area contributed by atoms with E-state index in [-0.39, 0.29) is 29.8 Å². The van der Waals surface area contributed by atoms with Crippen LogP contribution in [-0.4, -0.2) is 39.7 Å². The zero-order valence-electron chi connectivity index (χ0n) is 16.0. The van der Waals surface area contributed by atoms with E-state index in [1.54, 1.807) is 0 Å². The van der Waals surface area contributed by atoms with Crippen LogP contribution in [0.2, 0.25) is 0 Å². The topological polar surface area (TPSA) is 64.2 Å². The van der Waals surface area contributed by atoms with Crippen LogP contribution in [0.1, 0.15) is 47.6 Å². The Morgan fingerprint density at radius 3 is 2.46 bits per heavy atom. The average molecular weight is 377 g/mol. The van der Waals surface area contributed by atoms with Gasteiger partial charge in [-0.05, 0) is 49.4 Å². The Balaban J connectivity index is 0.00000243. The molecule has 0 aliphatic carbocycles. The summed E-state index contributed by atoms with van der Waals surface area (Å²) in [6.45, 7) is 10.5. The highest BCUT2D eigenvalue weighted by Crippen LogP contribution is 2.28. The fourth-order valence-electron chi connectivity index (χ4n) is 3.49. The van der Waals surface area contributed by atoms with Gasteiger partial charge >= 0.3 is 0 Å². The molecule has 1 saturated heterocycles. The van der Waals surface area contributed by atoms with E-state index >= 15 is 0 Å². The van der Waals surface area contributed by atoms with Crippen LogP contribution in [0.5, 0.6) is 0 Å². The fraction of sp³-hybridized carbons (Fsp3) is 0.500. The van der Waals surface area contributed by atoms with E-state index in [1.807, 2.05) is 40.8 Å². The minimum Gasteiger partial charge on any atom is -0.338 e. The summed E-state index contributed by atoms with van der Waals surface area (Å²) in [7, 11) is 0. The predicted octanol–water partition coefficient (Wildman–Crippen LogP) is 3.17. The maximum Gasteiger partial charge on any atom is 0.253 e. The van der Waals surface area contributed by atoms with Crippen LogP contribution in [-0.2, 0) is 6.54 Å². The summed E-state index contributed by atoms with van der Waals surface area (Å²) in [6, 6.07) is 10.1. The maximum absolute atomic E-state index is 12.8. The molecule has 1 aliphatic heterocycles. The van der Waals surface area contributed by atoms with Crippen molar-refractivity contribution in [1.29, 1.82) is 0 Å². The van der Waals surface area contributed by atoms with Gasteiger partial charge in [0.15, 0.2) is 0 Å². The quantitative estimate of drug-likeness (QED) is 0.894. The van der Waals surface area contributed by atoms with Crippen molar-refractivity contribution in [3.63, 3.8) is 0 Å². The van der Waals surface area contributed by atoms with Gasteiger partial charge in [0, 0.05) is 30.4 Å². The first-order valence-electron chi connectivity index (χ1n) is 8.91. The van der Waals surface area contributed by atoms with Crippen molar-refractivity contribution in [2.45, 2.75) is 46.7 Å². The lowest BCUT2D eigenvalue weighted by atomic mass is 9.79. The zero-order valence-corrected chi connectivity index (χ0v) is 16.8. The first kappa shape index (κ1) is 20.5. The third-order valence-corrected chi connectivity index (χ3v) is 5.24. The van der Waals surface area contributed by atoms with Crippen molar-refractivity contribution in [3.8, 4) is 0 Å². The van der Waals surface area contributed by atoms with E-state index in [9.17, 15) is 4.79 Å². The molecule has 1 aromatic carbocycles. The molecule has 26 heavy (non-hydrogen) atoms. The highest BCUT2D eigenvalue weighted by Gasteiger charge is 2.35. The standard InChI is InChI=1S/C20H28N4O.ClH/c1-14-11-15(2)24(22-14)12-16-5-7-17(8-6-16)19(25)23-10-9-18(21)20(3,4)13-23;/h5-8,11,18H,9-10,12-13,21H2,1-4H3;1H. The summed E-state index contributed by atoms with van der Waals surface area (Å²) in [6.07, 6.45) is 0.856. The van der Waals surface area contributed by atoms with Crippen molar-refractivity contribution < 1.29 is 4.79 Å². The molecule has 3 rings (SSSR count). The average Bonchev–Trinajstić information content (AvgIpc) is 2.87. The fourth-order valence-corrected chi connectivity index (χ4v) is 3.49. The monoisotopic (exact) mass is 376 g/mol. The number of aryl methyl sites for hydroxylation is 2. The van der Waals surface area contributed by atoms with Gasteiger partial charge in [-0.1, -0.05) is 26.0 Å². The normalized spacial score (nSPS) is 19.1. The van der Waals surface area contributed by atoms with Gasteiger partial charge in [-0.3, -0.25) is 9.48 Å². The Labute approximate surface area is 162 Å². The largest absolute Gasteiger partial charge is 0.338 e. The van der Waals surface area contributed by atoms with Crippen molar-refractivity contribution in [2.75, 3.05) is 13.1 Å². The minimum absolute atomic E-state index is 0. The molecule has 142 valence electrons. The molecule has 0 spiro atoms. The van der Waals surface area contributed by atoms with Gasteiger partial charge < -0.3 is 10.6 Å². The number of halogens is 1. The summed E-state index contributed by atoms with van der Waals surface area (Å²) in [5.41, 5.74) is 10.2. The van der Waals surface area contributed by atoms with Crippen molar-refractivity contribution in [3.05, 3.63) is 52.8 Å². The zero-order chi connectivity index (χ0) is 18.2. The van der Waals surface area contributed by atoms with Crippen LogP contribution < -0.4 is 5.73 Å². The number of piperidine rings is 1. The lowest BCUT2D eigenvalue weighted by molar-refractivity contribution is 0.0533. The van der Waals surface area contributed by atoms with E-state index in [1.165, 1.54) is 0 Å². The molecule has 2 aromatic rings. The molecule has 1 amide bonds. The van der Waals surface area contributed by atoms with E-state index in [0.29, 0.717) is 6.54 Å². The number of likely N-dealkylation sites (tertiary alicyclic amines) is 1. The van der Waals surface area contributed by atoms with Gasteiger partial charge in [0.1, 0.15) is 0 Å². The van der Waals surface area contributed by atoms with Crippen molar-refractivity contribution >= 4 is 18.3 Å². The molecule has 0 radical (unpaired) electrons. The number of hydrogen-bond donors (Lipinski definition) is 1. The molecule has 0 saturated carbocycles. The molecule has 0 bridgehead atoms. The predicted molar refractivity (Wildman–Crippen MR) is 107 cm³/mol. The number of carbonyl (C=O) groups excluding carboxylic acids is 1. The summed E-state index contributed by atoms with van der Waals surface area (Å²) in [4.78, 5) is 14.7. The first-order chi connectivity index (χ1) is 11.8. The Morgan fingerprint density at radius 2 is 1.92 bits per heavy atom. The number of benzene rings is 1. The smallest absolute Gasteiger partial charge is 0.253 e. The molecule has 1 atom stereocenters. The van der Waals surface area contributed by atoms with Gasteiger partial charge in [0.05, 0.1) is 12.2 Å². The van der Waals surface area contributed by atoms with Gasteiger partial charge in [0.25, 0.3) is 5.91 Å². The van der Waals surface area contributed by atoms with Crippen LogP contribution in [0.3, 0.4) is 0 Å². The van der Waals surface area contributed by atoms with Gasteiger partial charge in [0.2, 0.25) is 0 Å². The van der Waals surface area contributed by atoms with Crippen molar-refractivity contribution in [1.82, 2.24) is 14.7 Å². The van der Waals surface area contributed by atoms with Crippen LogP contribution in [0.15, 0.2) is 30.3 Å². The molecular weight excluding hydrogens is 348 g/mol. The Kier molecular flexibility index (Phi) is 6.14. The molecule has 2 heterocycles. The molecule has 2 N–H and O–H groups in total. The molecule has 6 heteroatoms. The lowest BCUT2D eigenvalue weighted by Crippen LogP contribution is -2.53. The molecule has 5 nitrogen and oxygen atoms in total. The molecule has 1 aliphatic rings. The highest BCUT2D eigenvalue weighted by atomic mass is 35.5. The SMILES string of the molecule is Cc1cc(C)n(Cc2ccc(C(=O)N3CCC(N)C(C)(C)C3)cc2)n1.Cl. The summed E-state index contributed by atoms with van der Waals surface area (Å²) < 4.78 is 1.99. The van der Waals surface area contributed by atoms with Gasteiger partial charge in [-0.15, -0.1) is 12.4 Å². The molecule has 1 fully saturated rings. The van der Waals surface area contributed by atoms with Crippen molar-refractivity contribution in [2.24, 2.45) is 11.1 Å². The number of aromatic nitrogens is 2.